The lowest BCUT2D eigenvalue weighted by Gasteiger charge is -2.20. The molecule has 0 bridgehead atoms. The summed E-state index contributed by atoms with van der Waals surface area (Å²) < 4.78 is 5.76. The Morgan fingerprint density at radius 2 is 2.06 bits per heavy atom. The monoisotopic (exact) mass is 268 g/mol. The summed E-state index contributed by atoms with van der Waals surface area (Å²) in [6.45, 7) is 8.06. The lowest BCUT2D eigenvalue weighted by Crippen LogP contribution is -2.20. The van der Waals surface area contributed by atoms with Gasteiger partial charge < -0.3 is 9.84 Å². The zero-order chi connectivity index (χ0) is 13.7. The second-order valence-corrected chi connectivity index (χ2v) is 5.74. The molecule has 0 aliphatic carbocycles. The molecule has 4 heteroatoms. The fourth-order valence-corrected chi connectivity index (χ4v) is 2.25. The van der Waals surface area contributed by atoms with Crippen molar-refractivity contribution in [2.75, 3.05) is 5.75 Å². The third-order valence-electron chi connectivity index (χ3n) is 2.75. The molecule has 1 N–H and O–H groups in total. The summed E-state index contributed by atoms with van der Waals surface area (Å²) >= 11 is 1.52. The number of ether oxygens (including phenoxy) is 1. The standard InChI is InChI=1S/C14H20O3S/c1-5-18-12-8-6-7-11(13(12)14(15)16)17-10(4)9(2)3/h6-10H,5H2,1-4H3,(H,15,16). The molecular weight excluding hydrogens is 248 g/mol. The summed E-state index contributed by atoms with van der Waals surface area (Å²) in [7, 11) is 0. The smallest absolute Gasteiger partial charge is 0.340 e. The van der Waals surface area contributed by atoms with Crippen molar-refractivity contribution >= 4 is 17.7 Å². The summed E-state index contributed by atoms with van der Waals surface area (Å²) in [5.41, 5.74) is 0.275. The summed E-state index contributed by atoms with van der Waals surface area (Å²) in [6, 6.07) is 5.39. The molecule has 3 nitrogen and oxygen atoms in total. The zero-order valence-electron chi connectivity index (χ0n) is 11.3. The highest BCUT2D eigenvalue weighted by Crippen LogP contribution is 2.31. The van der Waals surface area contributed by atoms with E-state index in [-0.39, 0.29) is 11.7 Å². The molecule has 0 aliphatic rings. The van der Waals surface area contributed by atoms with Gasteiger partial charge in [-0.1, -0.05) is 26.8 Å². The molecule has 100 valence electrons. The summed E-state index contributed by atoms with van der Waals surface area (Å²) in [4.78, 5) is 12.1. The van der Waals surface area contributed by atoms with E-state index in [1.807, 2.05) is 26.0 Å². The van der Waals surface area contributed by atoms with Crippen LogP contribution < -0.4 is 4.74 Å². The van der Waals surface area contributed by atoms with Crippen molar-refractivity contribution in [1.29, 1.82) is 0 Å². The van der Waals surface area contributed by atoms with Crippen LogP contribution in [0.2, 0.25) is 0 Å². The molecule has 0 saturated heterocycles. The zero-order valence-corrected chi connectivity index (χ0v) is 12.1. The van der Waals surface area contributed by atoms with Crippen LogP contribution in [-0.4, -0.2) is 22.9 Å². The fourth-order valence-electron chi connectivity index (χ4n) is 1.43. The SMILES string of the molecule is CCSc1cccc(OC(C)C(C)C)c1C(=O)O. The molecular formula is C14H20O3S. The molecule has 0 radical (unpaired) electrons. The lowest BCUT2D eigenvalue weighted by molar-refractivity contribution is 0.0682. The molecule has 0 aliphatic heterocycles. The molecule has 0 fully saturated rings. The highest BCUT2D eigenvalue weighted by atomic mass is 32.2. The minimum absolute atomic E-state index is 0.00928. The maximum absolute atomic E-state index is 11.4. The van der Waals surface area contributed by atoms with Gasteiger partial charge in [0.1, 0.15) is 11.3 Å². The molecule has 18 heavy (non-hydrogen) atoms. The van der Waals surface area contributed by atoms with Gasteiger partial charge in [-0.05, 0) is 30.7 Å². The normalized spacial score (nSPS) is 12.5. The Kier molecular flexibility index (Phi) is 5.54. The number of rotatable bonds is 6. The molecule has 1 atom stereocenters. The van der Waals surface area contributed by atoms with Gasteiger partial charge in [0.05, 0.1) is 6.10 Å². The molecule has 0 heterocycles. The topological polar surface area (TPSA) is 46.5 Å². The van der Waals surface area contributed by atoms with Gasteiger partial charge in [-0.2, -0.15) is 0 Å². The Bertz CT molecular complexity index is 416. The number of carboxylic acid groups (broad SMARTS) is 1. The largest absolute Gasteiger partial charge is 0.490 e. The van der Waals surface area contributed by atoms with Crippen molar-refractivity contribution in [2.45, 2.75) is 38.7 Å². The van der Waals surface area contributed by atoms with E-state index < -0.39 is 5.97 Å². The molecule has 0 aromatic heterocycles. The molecule has 1 rings (SSSR count). The van der Waals surface area contributed by atoms with Crippen LogP contribution in [0.5, 0.6) is 5.75 Å². The van der Waals surface area contributed by atoms with Crippen LogP contribution in [-0.2, 0) is 0 Å². The third-order valence-corrected chi connectivity index (χ3v) is 3.69. The third kappa shape index (κ3) is 3.67. The number of aromatic carboxylic acids is 1. The average molecular weight is 268 g/mol. The maximum atomic E-state index is 11.4. The summed E-state index contributed by atoms with van der Waals surface area (Å²) in [5, 5.41) is 9.33. The van der Waals surface area contributed by atoms with E-state index in [1.54, 1.807) is 6.07 Å². The molecule has 1 aromatic carbocycles. The Hall–Kier alpha value is -1.16. The quantitative estimate of drug-likeness (QED) is 0.794. The van der Waals surface area contributed by atoms with Crippen LogP contribution in [0.25, 0.3) is 0 Å². The van der Waals surface area contributed by atoms with Crippen molar-refractivity contribution in [2.24, 2.45) is 5.92 Å². The molecule has 1 aromatic rings. The summed E-state index contributed by atoms with van der Waals surface area (Å²) in [5.74, 6) is 0.706. The number of hydrogen-bond acceptors (Lipinski definition) is 3. The van der Waals surface area contributed by atoms with E-state index in [0.717, 1.165) is 10.6 Å². The van der Waals surface area contributed by atoms with Gasteiger partial charge in [0.15, 0.2) is 0 Å². The minimum atomic E-state index is -0.933. The van der Waals surface area contributed by atoms with E-state index in [2.05, 4.69) is 13.8 Å². The minimum Gasteiger partial charge on any atom is -0.490 e. The summed E-state index contributed by atoms with van der Waals surface area (Å²) in [6.07, 6.45) is -0.00928. The number of thioether (sulfide) groups is 1. The highest BCUT2D eigenvalue weighted by Gasteiger charge is 2.19. The Labute approximate surface area is 113 Å². The van der Waals surface area contributed by atoms with Crippen molar-refractivity contribution in [3.8, 4) is 5.75 Å². The first-order chi connectivity index (χ1) is 8.47. The lowest BCUT2D eigenvalue weighted by atomic mass is 10.1. The van der Waals surface area contributed by atoms with Gasteiger partial charge in [0.2, 0.25) is 0 Å². The predicted molar refractivity (Wildman–Crippen MR) is 74.7 cm³/mol. The van der Waals surface area contributed by atoms with Crippen LogP contribution >= 0.6 is 11.8 Å². The maximum Gasteiger partial charge on any atom is 0.340 e. The second kappa shape index (κ2) is 6.69. The molecule has 0 amide bonds. The first-order valence-corrected chi connectivity index (χ1v) is 7.11. The van der Waals surface area contributed by atoms with E-state index >= 15 is 0 Å². The fraction of sp³-hybridized carbons (Fsp3) is 0.500. The van der Waals surface area contributed by atoms with Gasteiger partial charge in [0.25, 0.3) is 0 Å². The Balaban J connectivity index is 3.10. The Morgan fingerprint density at radius 1 is 1.39 bits per heavy atom. The van der Waals surface area contributed by atoms with Crippen LogP contribution in [0.4, 0.5) is 0 Å². The van der Waals surface area contributed by atoms with Crippen LogP contribution in [0, 0.1) is 5.92 Å². The number of carboxylic acids is 1. The number of benzene rings is 1. The van der Waals surface area contributed by atoms with Crippen LogP contribution in [0.15, 0.2) is 23.1 Å². The average Bonchev–Trinajstić information content (AvgIpc) is 2.29. The van der Waals surface area contributed by atoms with Crippen LogP contribution in [0.1, 0.15) is 38.1 Å². The molecule has 0 spiro atoms. The molecule has 1 unspecified atom stereocenters. The van der Waals surface area contributed by atoms with E-state index in [9.17, 15) is 9.90 Å². The van der Waals surface area contributed by atoms with Gasteiger partial charge >= 0.3 is 5.97 Å². The van der Waals surface area contributed by atoms with Gasteiger partial charge in [-0.25, -0.2) is 4.79 Å². The van der Waals surface area contributed by atoms with E-state index in [4.69, 9.17) is 4.74 Å². The van der Waals surface area contributed by atoms with Crippen LogP contribution in [0.3, 0.4) is 0 Å². The van der Waals surface area contributed by atoms with Crippen molar-refractivity contribution in [3.05, 3.63) is 23.8 Å². The first-order valence-electron chi connectivity index (χ1n) is 6.13. The number of hydrogen-bond donors (Lipinski definition) is 1. The predicted octanol–water partition coefficient (Wildman–Crippen LogP) is 3.92. The van der Waals surface area contributed by atoms with Crippen molar-refractivity contribution < 1.29 is 14.6 Å². The van der Waals surface area contributed by atoms with Gasteiger partial charge in [-0.3, -0.25) is 0 Å². The van der Waals surface area contributed by atoms with E-state index in [1.165, 1.54) is 11.8 Å². The van der Waals surface area contributed by atoms with Gasteiger partial charge in [0, 0.05) is 4.90 Å². The van der Waals surface area contributed by atoms with Gasteiger partial charge in [-0.15, -0.1) is 11.8 Å². The highest BCUT2D eigenvalue weighted by molar-refractivity contribution is 7.99. The number of carbonyl (C=O) groups is 1. The molecule has 0 saturated carbocycles. The first kappa shape index (κ1) is 14.9. The van der Waals surface area contributed by atoms with Crippen molar-refractivity contribution in [3.63, 3.8) is 0 Å². The van der Waals surface area contributed by atoms with Crippen molar-refractivity contribution in [1.82, 2.24) is 0 Å². The Morgan fingerprint density at radius 3 is 2.56 bits per heavy atom. The second-order valence-electron chi connectivity index (χ2n) is 4.43. The van der Waals surface area contributed by atoms with E-state index in [0.29, 0.717) is 11.7 Å².